The third-order valence-electron chi connectivity index (χ3n) is 4.09. The maximum atomic E-state index is 10.7. The van der Waals surface area contributed by atoms with Crippen LogP contribution >= 0.6 is 0 Å². The standard InChI is InChI=1S/C18H36O3.K.H/c1-2-3-4-5-6-7-8-9-10-11-12-13-14-15-16-17-18(19)21-20;;/h20H,2-17H2,1H3;;/q;+1;-1. The fourth-order valence-corrected chi connectivity index (χ4v) is 2.69. The molecule has 3 nitrogen and oxygen atoms in total. The summed E-state index contributed by atoms with van der Waals surface area (Å²) in [6.07, 6.45) is 20.0. The van der Waals surface area contributed by atoms with E-state index in [4.69, 9.17) is 5.26 Å². The van der Waals surface area contributed by atoms with Crippen LogP contribution in [-0.4, -0.2) is 11.2 Å². The first kappa shape index (κ1) is 25.3. The minimum absolute atomic E-state index is 0. The average Bonchev–Trinajstić information content (AvgIpc) is 2.50. The third kappa shape index (κ3) is 21.1. The van der Waals surface area contributed by atoms with Crippen molar-refractivity contribution in [1.82, 2.24) is 0 Å². The third-order valence-corrected chi connectivity index (χ3v) is 4.09. The maximum Gasteiger partial charge on any atom is 1.00 e. The van der Waals surface area contributed by atoms with E-state index < -0.39 is 5.97 Å². The first-order valence-electron chi connectivity index (χ1n) is 9.15. The van der Waals surface area contributed by atoms with Crippen molar-refractivity contribution in [3.05, 3.63) is 0 Å². The van der Waals surface area contributed by atoms with Crippen LogP contribution in [0.3, 0.4) is 0 Å². The fraction of sp³-hybridized carbons (Fsp3) is 0.944. The van der Waals surface area contributed by atoms with Gasteiger partial charge in [-0.3, -0.25) is 0 Å². The van der Waals surface area contributed by atoms with E-state index in [2.05, 4.69) is 11.8 Å². The van der Waals surface area contributed by atoms with Gasteiger partial charge in [0.1, 0.15) is 0 Å². The van der Waals surface area contributed by atoms with Crippen molar-refractivity contribution < 1.29 is 67.8 Å². The molecule has 0 rings (SSSR count). The Morgan fingerprint density at radius 3 is 1.36 bits per heavy atom. The zero-order chi connectivity index (χ0) is 15.6. The number of hydrogen-bond donors (Lipinski definition) is 1. The van der Waals surface area contributed by atoms with Gasteiger partial charge in [-0.2, -0.15) is 5.26 Å². The smallest absolute Gasteiger partial charge is 1.00 e. The van der Waals surface area contributed by atoms with Crippen molar-refractivity contribution in [2.24, 2.45) is 0 Å². The van der Waals surface area contributed by atoms with Crippen molar-refractivity contribution >= 4 is 5.97 Å². The Hall–Kier alpha value is 1.07. The number of carbonyl (C=O) groups is 1. The summed E-state index contributed by atoms with van der Waals surface area (Å²) < 4.78 is 0. The Labute approximate surface area is 181 Å². The van der Waals surface area contributed by atoms with Crippen LogP contribution in [0.5, 0.6) is 0 Å². The van der Waals surface area contributed by atoms with E-state index in [1.807, 2.05) is 0 Å². The van der Waals surface area contributed by atoms with Gasteiger partial charge in [0.2, 0.25) is 0 Å². The molecule has 0 aliphatic heterocycles. The molecule has 0 aromatic carbocycles. The summed E-state index contributed by atoms with van der Waals surface area (Å²) >= 11 is 0. The van der Waals surface area contributed by atoms with Crippen LogP contribution in [0, 0.1) is 0 Å². The Kier molecular flexibility index (Phi) is 25.4. The van der Waals surface area contributed by atoms with Gasteiger partial charge < -0.3 is 6.31 Å². The molecule has 0 aliphatic rings. The summed E-state index contributed by atoms with van der Waals surface area (Å²) in [5.41, 5.74) is 0. The maximum absolute atomic E-state index is 10.7. The van der Waals surface area contributed by atoms with Gasteiger partial charge in [-0.25, -0.2) is 4.79 Å². The molecule has 0 bridgehead atoms. The van der Waals surface area contributed by atoms with Crippen LogP contribution in [0.2, 0.25) is 0 Å². The molecule has 0 saturated heterocycles. The summed E-state index contributed by atoms with van der Waals surface area (Å²) in [6.45, 7) is 2.27. The molecule has 0 aromatic heterocycles. The van der Waals surface area contributed by atoms with Crippen molar-refractivity contribution in [2.45, 2.75) is 110 Å². The Bertz CT molecular complexity index is 228. The minimum Gasteiger partial charge on any atom is -1.00 e. The van der Waals surface area contributed by atoms with Gasteiger partial charge in [-0.15, -0.1) is 0 Å². The number of carbonyl (C=O) groups excluding carboxylic acids is 1. The van der Waals surface area contributed by atoms with Crippen LogP contribution in [0.4, 0.5) is 0 Å². The Morgan fingerprint density at radius 1 is 0.727 bits per heavy atom. The molecule has 0 radical (unpaired) electrons. The van der Waals surface area contributed by atoms with E-state index in [-0.39, 0.29) is 52.8 Å². The molecule has 1 N–H and O–H groups in total. The summed E-state index contributed by atoms with van der Waals surface area (Å²) in [6, 6.07) is 0. The largest absolute Gasteiger partial charge is 1.00 e. The molecule has 0 saturated carbocycles. The topological polar surface area (TPSA) is 46.5 Å². The summed E-state index contributed by atoms with van der Waals surface area (Å²) in [5, 5.41) is 8.10. The first-order chi connectivity index (χ1) is 10.3. The van der Waals surface area contributed by atoms with E-state index >= 15 is 0 Å². The van der Waals surface area contributed by atoms with Crippen molar-refractivity contribution in [3.8, 4) is 0 Å². The van der Waals surface area contributed by atoms with Gasteiger partial charge in [-0.05, 0) is 6.42 Å². The Balaban J connectivity index is -0.00000200. The molecule has 0 fully saturated rings. The predicted octanol–water partition coefficient (Wildman–Crippen LogP) is 3.38. The molecule has 22 heavy (non-hydrogen) atoms. The summed E-state index contributed by atoms with van der Waals surface area (Å²) in [5.74, 6) is -0.510. The van der Waals surface area contributed by atoms with E-state index in [1.165, 1.54) is 83.5 Å². The summed E-state index contributed by atoms with van der Waals surface area (Å²) in [7, 11) is 0. The van der Waals surface area contributed by atoms with Crippen molar-refractivity contribution in [3.63, 3.8) is 0 Å². The zero-order valence-electron chi connectivity index (χ0n) is 16.1. The molecule has 128 valence electrons. The number of rotatable bonds is 16. The van der Waals surface area contributed by atoms with Crippen LogP contribution in [0.25, 0.3) is 0 Å². The van der Waals surface area contributed by atoms with Crippen molar-refractivity contribution in [1.29, 1.82) is 0 Å². The van der Waals surface area contributed by atoms with Crippen molar-refractivity contribution in [2.75, 3.05) is 0 Å². The van der Waals surface area contributed by atoms with Gasteiger partial charge in [0.15, 0.2) is 0 Å². The predicted molar refractivity (Wildman–Crippen MR) is 89.4 cm³/mol. The molecule has 0 aliphatic carbocycles. The normalized spacial score (nSPS) is 10.3. The second kappa shape index (κ2) is 22.1. The number of hydrogen-bond acceptors (Lipinski definition) is 3. The molecule has 0 amide bonds. The van der Waals surface area contributed by atoms with Crippen LogP contribution in [0.15, 0.2) is 0 Å². The van der Waals surface area contributed by atoms with E-state index in [1.54, 1.807) is 0 Å². The Morgan fingerprint density at radius 2 is 1.05 bits per heavy atom. The van der Waals surface area contributed by atoms with Gasteiger partial charge >= 0.3 is 57.4 Å². The molecule has 0 heterocycles. The molecule has 4 heteroatoms. The second-order valence-corrected chi connectivity index (χ2v) is 6.16. The second-order valence-electron chi connectivity index (χ2n) is 6.16. The number of unbranched alkanes of at least 4 members (excludes halogenated alkanes) is 14. The van der Waals surface area contributed by atoms with Gasteiger partial charge in [-0.1, -0.05) is 96.8 Å². The van der Waals surface area contributed by atoms with E-state index in [9.17, 15) is 4.79 Å². The van der Waals surface area contributed by atoms with Gasteiger partial charge in [0.25, 0.3) is 0 Å². The van der Waals surface area contributed by atoms with Gasteiger partial charge in [0.05, 0.1) is 0 Å². The molecular weight excluding hydrogens is 303 g/mol. The molecule has 0 unspecified atom stereocenters. The molecule has 0 aromatic rings. The first-order valence-corrected chi connectivity index (χ1v) is 9.15. The van der Waals surface area contributed by atoms with E-state index in [0.29, 0.717) is 6.42 Å². The minimum atomic E-state index is -0.510. The van der Waals surface area contributed by atoms with E-state index in [0.717, 1.165) is 12.8 Å². The average molecular weight is 341 g/mol. The molecule has 0 spiro atoms. The van der Waals surface area contributed by atoms with Crippen LogP contribution in [-0.2, 0) is 9.68 Å². The SMILES string of the molecule is CCCCCCCCCCCCCCCCCC(=O)OO.[H-].[K+]. The van der Waals surface area contributed by atoms with Gasteiger partial charge in [0, 0.05) is 6.42 Å². The fourth-order valence-electron chi connectivity index (χ4n) is 2.69. The summed E-state index contributed by atoms with van der Waals surface area (Å²) in [4.78, 5) is 14.3. The van der Waals surface area contributed by atoms with Crippen LogP contribution < -0.4 is 51.4 Å². The molecule has 0 atom stereocenters. The molecular formula is C18H37KO3. The zero-order valence-corrected chi connectivity index (χ0v) is 18.2. The quantitative estimate of drug-likeness (QED) is 0.203. The van der Waals surface area contributed by atoms with Crippen LogP contribution in [0.1, 0.15) is 111 Å². The monoisotopic (exact) mass is 340 g/mol.